The highest BCUT2D eigenvalue weighted by Crippen LogP contribution is 2.25. The zero-order valence-electron chi connectivity index (χ0n) is 13.4. The lowest BCUT2D eigenvalue weighted by Gasteiger charge is -2.09. The molecule has 1 heterocycles. The van der Waals surface area contributed by atoms with Crippen molar-refractivity contribution in [3.63, 3.8) is 0 Å². The molecular formula is C17H23N5O. The summed E-state index contributed by atoms with van der Waals surface area (Å²) in [5.74, 6) is 0.249. The second-order valence-corrected chi connectivity index (χ2v) is 5.45. The van der Waals surface area contributed by atoms with Gasteiger partial charge in [-0.15, -0.1) is 0 Å². The molecule has 0 bridgehead atoms. The molecule has 1 unspecified atom stereocenters. The molecule has 0 saturated carbocycles. The lowest BCUT2D eigenvalue weighted by molar-refractivity contribution is 0.473. The molecule has 0 radical (unpaired) electrons. The molecule has 0 aliphatic heterocycles. The third kappa shape index (κ3) is 3.66. The van der Waals surface area contributed by atoms with Crippen molar-refractivity contribution in [2.45, 2.75) is 26.3 Å². The van der Waals surface area contributed by atoms with Gasteiger partial charge in [0, 0.05) is 34.6 Å². The molecule has 23 heavy (non-hydrogen) atoms. The number of nitrogens with zero attached hydrogens (tertiary/aromatic N) is 2. The Morgan fingerprint density at radius 1 is 1.30 bits per heavy atom. The monoisotopic (exact) mass is 313 g/mol. The number of hydrogen-bond acceptors (Lipinski definition) is 5. The van der Waals surface area contributed by atoms with Crippen molar-refractivity contribution >= 4 is 11.3 Å². The zero-order chi connectivity index (χ0) is 17.0. The van der Waals surface area contributed by atoms with E-state index in [0.717, 1.165) is 12.0 Å². The first-order valence-corrected chi connectivity index (χ1v) is 7.49. The zero-order valence-corrected chi connectivity index (χ0v) is 13.4. The standard InChI is InChI=1S/C17H23N5O/c1-3-11(2)22-10-12(9-21-22)14(17(19)20)8-15(18)13-6-4-5-7-16(13)23/h4-11,23H,3,18-20H2,1-2H3/b15-8-. The summed E-state index contributed by atoms with van der Waals surface area (Å²) >= 11 is 0. The number of phenols is 1. The Balaban J connectivity index is 2.41. The summed E-state index contributed by atoms with van der Waals surface area (Å²) < 4.78 is 1.86. The third-order valence-corrected chi connectivity index (χ3v) is 3.78. The molecule has 1 aromatic carbocycles. The second-order valence-electron chi connectivity index (χ2n) is 5.45. The number of phenolic OH excluding ortho intramolecular Hbond substituents is 1. The molecule has 0 aliphatic carbocycles. The molecule has 0 amide bonds. The van der Waals surface area contributed by atoms with Crippen molar-refractivity contribution in [3.8, 4) is 5.75 Å². The van der Waals surface area contributed by atoms with Gasteiger partial charge in [0.05, 0.1) is 6.20 Å². The third-order valence-electron chi connectivity index (χ3n) is 3.78. The van der Waals surface area contributed by atoms with Crippen LogP contribution >= 0.6 is 0 Å². The number of allylic oxidation sites excluding steroid dienone is 2. The SMILES string of the molecule is CCC(C)n1cc(C(/C=C(\N)c2ccccc2O)=C(N)N)cn1. The Hall–Kier alpha value is -2.89. The van der Waals surface area contributed by atoms with Gasteiger partial charge in [-0.2, -0.15) is 5.10 Å². The molecule has 6 nitrogen and oxygen atoms in total. The van der Waals surface area contributed by atoms with Gasteiger partial charge < -0.3 is 22.3 Å². The lowest BCUT2D eigenvalue weighted by Crippen LogP contribution is -2.11. The Morgan fingerprint density at radius 2 is 2.00 bits per heavy atom. The Morgan fingerprint density at radius 3 is 2.61 bits per heavy atom. The number of hydrogen-bond donors (Lipinski definition) is 4. The molecule has 1 aromatic heterocycles. The van der Waals surface area contributed by atoms with Crippen LogP contribution in [0.2, 0.25) is 0 Å². The van der Waals surface area contributed by atoms with Crippen LogP contribution in [-0.2, 0) is 0 Å². The Kier molecular flexibility index (Phi) is 4.95. The van der Waals surface area contributed by atoms with Gasteiger partial charge in [0.1, 0.15) is 11.6 Å². The molecular weight excluding hydrogens is 290 g/mol. The van der Waals surface area contributed by atoms with Crippen LogP contribution in [-0.4, -0.2) is 14.9 Å². The van der Waals surface area contributed by atoms with Gasteiger partial charge in [0.15, 0.2) is 0 Å². The van der Waals surface area contributed by atoms with E-state index < -0.39 is 0 Å². The Labute approximate surface area is 135 Å². The lowest BCUT2D eigenvalue weighted by atomic mass is 10.0. The molecule has 0 saturated heterocycles. The predicted molar refractivity (Wildman–Crippen MR) is 92.8 cm³/mol. The van der Waals surface area contributed by atoms with E-state index in [1.807, 2.05) is 10.9 Å². The second kappa shape index (κ2) is 6.91. The first-order chi connectivity index (χ1) is 10.9. The smallest absolute Gasteiger partial charge is 0.124 e. The van der Waals surface area contributed by atoms with E-state index in [0.29, 0.717) is 16.8 Å². The van der Waals surface area contributed by atoms with Gasteiger partial charge in [-0.25, -0.2) is 0 Å². The van der Waals surface area contributed by atoms with Crippen molar-refractivity contribution < 1.29 is 5.11 Å². The van der Waals surface area contributed by atoms with Gasteiger partial charge in [0.25, 0.3) is 0 Å². The fourth-order valence-corrected chi connectivity index (χ4v) is 2.19. The van der Waals surface area contributed by atoms with Crippen LogP contribution in [0, 0.1) is 0 Å². The maximum Gasteiger partial charge on any atom is 0.124 e. The average Bonchev–Trinajstić information content (AvgIpc) is 3.01. The average molecular weight is 313 g/mol. The van der Waals surface area contributed by atoms with Crippen LogP contribution in [0.15, 0.2) is 48.6 Å². The predicted octanol–water partition coefficient (Wildman–Crippen LogP) is 2.15. The van der Waals surface area contributed by atoms with Gasteiger partial charge in [-0.05, 0) is 31.6 Å². The summed E-state index contributed by atoms with van der Waals surface area (Å²) in [7, 11) is 0. The normalized spacial score (nSPS) is 12.9. The molecule has 1 atom stereocenters. The maximum atomic E-state index is 9.90. The minimum Gasteiger partial charge on any atom is -0.507 e. The quantitative estimate of drug-likeness (QED) is 0.631. The van der Waals surface area contributed by atoms with Crippen molar-refractivity contribution in [1.82, 2.24) is 9.78 Å². The van der Waals surface area contributed by atoms with E-state index in [2.05, 4.69) is 18.9 Å². The molecule has 2 rings (SSSR count). The summed E-state index contributed by atoms with van der Waals surface area (Å²) in [4.78, 5) is 0. The highest BCUT2D eigenvalue weighted by atomic mass is 16.3. The summed E-state index contributed by atoms with van der Waals surface area (Å²) in [6.07, 6.45) is 6.21. The molecule has 0 fully saturated rings. The minimum absolute atomic E-state index is 0.103. The molecule has 122 valence electrons. The summed E-state index contributed by atoms with van der Waals surface area (Å²) in [5, 5.41) is 14.2. The van der Waals surface area contributed by atoms with Crippen molar-refractivity contribution in [2.24, 2.45) is 17.2 Å². The van der Waals surface area contributed by atoms with E-state index in [4.69, 9.17) is 17.2 Å². The van der Waals surface area contributed by atoms with E-state index >= 15 is 0 Å². The summed E-state index contributed by atoms with van der Waals surface area (Å²) in [5.41, 5.74) is 20.0. The van der Waals surface area contributed by atoms with Crippen molar-refractivity contribution in [3.05, 3.63) is 59.7 Å². The molecule has 0 spiro atoms. The van der Waals surface area contributed by atoms with Gasteiger partial charge in [0.2, 0.25) is 0 Å². The largest absolute Gasteiger partial charge is 0.507 e. The summed E-state index contributed by atoms with van der Waals surface area (Å²) in [6.45, 7) is 4.17. The number of aromatic nitrogens is 2. The van der Waals surface area contributed by atoms with Crippen molar-refractivity contribution in [2.75, 3.05) is 0 Å². The van der Waals surface area contributed by atoms with Gasteiger partial charge >= 0.3 is 0 Å². The Bertz CT molecular complexity index is 741. The number of rotatable bonds is 5. The van der Waals surface area contributed by atoms with Gasteiger partial charge in [-0.3, -0.25) is 4.68 Å². The molecule has 7 N–H and O–H groups in total. The van der Waals surface area contributed by atoms with E-state index in [1.165, 1.54) is 0 Å². The van der Waals surface area contributed by atoms with Crippen LogP contribution in [0.1, 0.15) is 37.4 Å². The first-order valence-electron chi connectivity index (χ1n) is 7.49. The van der Waals surface area contributed by atoms with Gasteiger partial charge in [-0.1, -0.05) is 19.1 Å². The number of benzene rings is 1. The van der Waals surface area contributed by atoms with E-state index in [1.54, 1.807) is 36.5 Å². The highest BCUT2D eigenvalue weighted by Gasteiger charge is 2.11. The van der Waals surface area contributed by atoms with Crippen LogP contribution < -0.4 is 17.2 Å². The van der Waals surface area contributed by atoms with Crippen LogP contribution in [0.4, 0.5) is 0 Å². The van der Waals surface area contributed by atoms with Crippen LogP contribution in [0.25, 0.3) is 11.3 Å². The molecule has 2 aromatic rings. The fraction of sp³-hybridized carbons (Fsp3) is 0.235. The minimum atomic E-state index is 0.103. The fourth-order valence-electron chi connectivity index (χ4n) is 2.19. The highest BCUT2D eigenvalue weighted by molar-refractivity contribution is 5.84. The number of para-hydroxylation sites is 1. The topological polar surface area (TPSA) is 116 Å². The molecule has 0 aliphatic rings. The summed E-state index contributed by atoms with van der Waals surface area (Å²) in [6, 6.07) is 7.12. The van der Waals surface area contributed by atoms with E-state index in [9.17, 15) is 5.11 Å². The molecule has 6 heteroatoms. The van der Waals surface area contributed by atoms with Crippen LogP contribution in [0.3, 0.4) is 0 Å². The number of aromatic hydroxyl groups is 1. The first kappa shape index (κ1) is 16.5. The van der Waals surface area contributed by atoms with E-state index in [-0.39, 0.29) is 17.6 Å². The van der Waals surface area contributed by atoms with Crippen LogP contribution in [0.5, 0.6) is 5.75 Å². The van der Waals surface area contributed by atoms with Crippen molar-refractivity contribution in [1.29, 1.82) is 0 Å². The maximum absolute atomic E-state index is 9.90. The number of nitrogens with two attached hydrogens (primary N) is 3.